The normalized spacial score (nSPS) is 10.5. The number of nitrogens with zero attached hydrogens (tertiary/aromatic N) is 2. The van der Waals surface area contributed by atoms with E-state index in [2.05, 4.69) is 16.5 Å². The molecule has 0 atom stereocenters. The number of imidazole rings is 1. The van der Waals surface area contributed by atoms with Crippen LogP contribution in [-0.2, 0) is 13.0 Å². The predicted molar refractivity (Wildman–Crippen MR) is 49.4 cm³/mol. The lowest BCUT2D eigenvalue weighted by atomic mass is 10.3. The highest BCUT2D eigenvalue weighted by Crippen LogP contribution is 2.06. The van der Waals surface area contributed by atoms with Crippen LogP contribution in [0.4, 0.5) is 0 Å². The van der Waals surface area contributed by atoms with Gasteiger partial charge in [-0.25, -0.2) is 4.98 Å². The van der Waals surface area contributed by atoms with Gasteiger partial charge in [0.15, 0.2) is 0 Å². The largest absolute Gasteiger partial charge is 0.472 e. The van der Waals surface area contributed by atoms with Crippen LogP contribution in [0, 0.1) is 0 Å². The predicted octanol–water partition coefficient (Wildman–Crippen LogP) is 2.09. The standard InChI is InChI=1S/C10H12N2O/c1-2-10-11-4-5-12(10)7-9-3-6-13-8-9/h3-6,8H,2,7H2,1H3. The maximum Gasteiger partial charge on any atom is 0.108 e. The molecule has 2 heterocycles. The smallest absolute Gasteiger partial charge is 0.108 e. The molecule has 0 aliphatic heterocycles. The van der Waals surface area contributed by atoms with Crippen LogP contribution in [0.25, 0.3) is 0 Å². The molecule has 0 N–H and O–H groups in total. The van der Waals surface area contributed by atoms with E-state index in [0.29, 0.717) is 0 Å². The third-order valence-electron chi connectivity index (χ3n) is 2.05. The zero-order valence-electron chi connectivity index (χ0n) is 7.60. The molecule has 0 fully saturated rings. The molecule has 0 radical (unpaired) electrons. The van der Waals surface area contributed by atoms with E-state index in [4.69, 9.17) is 4.42 Å². The third-order valence-corrected chi connectivity index (χ3v) is 2.05. The van der Waals surface area contributed by atoms with Crippen LogP contribution in [0.1, 0.15) is 18.3 Å². The van der Waals surface area contributed by atoms with Gasteiger partial charge in [-0.2, -0.15) is 0 Å². The van der Waals surface area contributed by atoms with E-state index in [1.165, 1.54) is 5.56 Å². The highest BCUT2D eigenvalue weighted by atomic mass is 16.3. The lowest BCUT2D eigenvalue weighted by Crippen LogP contribution is -2.02. The zero-order chi connectivity index (χ0) is 9.10. The minimum Gasteiger partial charge on any atom is -0.472 e. The first-order valence-electron chi connectivity index (χ1n) is 4.41. The van der Waals surface area contributed by atoms with E-state index in [1.807, 2.05) is 18.5 Å². The summed E-state index contributed by atoms with van der Waals surface area (Å²) < 4.78 is 7.13. The van der Waals surface area contributed by atoms with E-state index in [0.717, 1.165) is 18.8 Å². The van der Waals surface area contributed by atoms with Gasteiger partial charge >= 0.3 is 0 Å². The maximum atomic E-state index is 5.00. The minimum atomic E-state index is 0.847. The average molecular weight is 176 g/mol. The van der Waals surface area contributed by atoms with Crippen molar-refractivity contribution < 1.29 is 4.42 Å². The lowest BCUT2D eigenvalue weighted by molar-refractivity contribution is 0.561. The van der Waals surface area contributed by atoms with E-state index in [1.54, 1.807) is 12.5 Å². The van der Waals surface area contributed by atoms with Crippen LogP contribution in [0.5, 0.6) is 0 Å². The third kappa shape index (κ3) is 1.64. The highest BCUT2D eigenvalue weighted by Gasteiger charge is 2.01. The summed E-state index contributed by atoms with van der Waals surface area (Å²) >= 11 is 0. The average Bonchev–Trinajstić information content (AvgIpc) is 2.76. The molecule has 2 aromatic rings. The first kappa shape index (κ1) is 8.10. The molecule has 0 spiro atoms. The van der Waals surface area contributed by atoms with Gasteiger partial charge in [-0.05, 0) is 6.07 Å². The van der Waals surface area contributed by atoms with E-state index in [9.17, 15) is 0 Å². The van der Waals surface area contributed by atoms with Crippen LogP contribution in [-0.4, -0.2) is 9.55 Å². The van der Waals surface area contributed by atoms with Crippen molar-refractivity contribution >= 4 is 0 Å². The Kier molecular flexibility index (Phi) is 2.17. The number of rotatable bonds is 3. The molecule has 3 nitrogen and oxygen atoms in total. The summed E-state index contributed by atoms with van der Waals surface area (Å²) in [6.45, 7) is 2.95. The van der Waals surface area contributed by atoms with Crippen LogP contribution in [0.2, 0.25) is 0 Å². The van der Waals surface area contributed by atoms with E-state index < -0.39 is 0 Å². The van der Waals surface area contributed by atoms with Crippen molar-refractivity contribution in [3.63, 3.8) is 0 Å². The second-order valence-electron chi connectivity index (χ2n) is 2.96. The van der Waals surface area contributed by atoms with Gasteiger partial charge in [-0.1, -0.05) is 6.92 Å². The molecule has 68 valence electrons. The molecule has 13 heavy (non-hydrogen) atoms. The summed E-state index contributed by atoms with van der Waals surface area (Å²) in [5, 5.41) is 0. The van der Waals surface area contributed by atoms with Crippen molar-refractivity contribution in [1.29, 1.82) is 0 Å². The summed E-state index contributed by atoms with van der Waals surface area (Å²) in [4.78, 5) is 4.25. The Labute approximate surface area is 77.0 Å². The summed E-state index contributed by atoms with van der Waals surface area (Å²) in [6, 6.07) is 1.97. The number of aryl methyl sites for hydroxylation is 1. The fourth-order valence-corrected chi connectivity index (χ4v) is 1.38. The minimum absolute atomic E-state index is 0.847. The molecule has 2 rings (SSSR count). The molecule has 0 unspecified atom stereocenters. The van der Waals surface area contributed by atoms with Crippen molar-refractivity contribution in [3.8, 4) is 0 Å². The molecule has 0 saturated heterocycles. The van der Waals surface area contributed by atoms with Crippen LogP contribution >= 0.6 is 0 Å². The number of hydrogen-bond donors (Lipinski definition) is 0. The molecule has 0 aromatic carbocycles. The van der Waals surface area contributed by atoms with Crippen LogP contribution in [0.15, 0.2) is 35.4 Å². The van der Waals surface area contributed by atoms with Gasteiger partial charge < -0.3 is 8.98 Å². The molecule has 3 heteroatoms. The van der Waals surface area contributed by atoms with Crippen LogP contribution in [0.3, 0.4) is 0 Å². The SMILES string of the molecule is CCc1nccn1Cc1ccoc1. The van der Waals surface area contributed by atoms with Crippen molar-refractivity contribution in [2.24, 2.45) is 0 Å². The van der Waals surface area contributed by atoms with Gasteiger partial charge in [-0.3, -0.25) is 0 Å². The van der Waals surface area contributed by atoms with Gasteiger partial charge in [0.1, 0.15) is 5.82 Å². The molecular weight excluding hydrogens is 164 g/mol. The zero-order valence-corrected chi connectivity index (χ0v) is 7.60. The van der Waals surface area contributed by atoms with Crippen molar-refractivity contribution in [3.05, 3.63) is 42.4 Å². The second-order valence-corrected chi connectivity index (χ2v) is 2.96. The Bertz CT molecular complexity index is 362. The Morgan fingerprint density at radius 3 is 3.15 bits per heavy atom. The molecule has 0 bridgehead atoms. The fourth-order valence-electron chi connectivity index (χ4n) is 1.38. The van der Waals surface area contributed by atoms with Gasteiger partial charge in [0.25, 0.3) is 0 Å². The van der Waals surface area contributed by atoms with Gasteiger partial charge in [0.2, 0.25) is 0 Å². The molecule has 2 aromatic heterocycles. The molecule has 0 saturated carbocycles. The van der Waals surface area contributed by atoms with Crippen molar-refractivity contribution in [2.45, 2.75) is 19.9 Å². The van der Waals surface area contributed by atoms with Gasteiger partial charge in [0, 0.05) is 24.4 Å². The summed E-state index contributed by atoms with van der Waals surface area (Å²) in [7, 11) is 0. The molecule has 0 aliphatic rings. The summed E-state index contributed by atoms with van der Waals surface area (Å²) in [5.41, 5.74) is 1.17. The number of aromatic nitrogens is 2. The lowest BCUT2D eigenvalue weighted by Gasteiger charge is -2.03. The molecule has 0 amide bonds. The molecule has 0 aliphatic carbocycles. The van der Waals surface area contributed by atoms with Crippen LogP contribution < -0.4 is 0 Å². The summed E-state index contributed by atoms with van der Waals surface area (Å²) in [6.07, 6.45) is 8.24. The number of hydrogen-bond acceptors (Lipinski definition) is 2. The Hall–Kier alpha value is -1.51. The van der Waals surface area contributed by atoms with E-state index >= 15 is 0 Å². The second kappa shape index (κ2) is 3.47. The topological polar surface area (TPSA) is 31.0 Å². The Morgan fingerprint density at radius 1 is 1.54 bits per heavy atom. The molecular formula is C10H12N2O. The van der Waals surface area contributed by atoms with Crippen molar-refractivity contribution in [2.75, 3.05) is 0 Å². The van der Waals surface area contributed by atoms with Gasteiger partial charge in [0.05, 0.1) is 19.1 Å². The van der Waals surface area contributed by atoms with Gasteiger partial charge in [-0.15, -0.1) is 0 Å². The highest BCUT2D eigenvalue weighted by molar-refractivity contribution is 5.07. The monoisotopic (exact) mass is 176 g/mol. The number of furan rings is 1. The Balaban J connectivity index is 2.18. The van der Waals surface area contributed by atoms with Crippen molar-refractivity contribution in [1.82, 2.24) is 9.55 Å². The van der Waals surface area contributed by atoms with E-state index in [-0.39, 0.29) is 0 Å². The quantitative estimate of drug-likeness (QED) is 0.717. The fraction of sp³-hybridized carbons (Fsp3) is 0.300. The maximum absolute atomic E-state index is 5.00. The first-order chi connectivity index (χ1) is 6.40. The summed E-state index contributed by atoms with van der Waals surface area (Å²) in [5.74, 6) is 1.11. The Morgan fingerprint density at radius 2 is 2.46 bits per heavy atom. The first-order valence-corrected chi connectivity index (χ1v) is 4.41.